The third-order valence-corrected chi connectivity index (χ3v) is 3.24. The Hall–Kier alpha value is -2.35. The summed E-state index contributed by atoms with van der Waals surface area (Å²) in [5.74, 6) is -0.209. The lowest BCUT2D eigenvalue weighted by atomic mass is 10.1. The second-order valence-corrected chi connectivity index (χ2v) is 4.51. The van der Waals surface area contributed by atoms with Crippen molar-refractivity contribution in [2.75, 3.05) is 0 Å². The van der Waals surface area contributed by atoms with Crippen LogP contribution >= 0.6 is 0 Å². The first-order valence-electron chi connectivity index (χ1n) is 6.26. The highest BCUT2D eigenvalue weighted by molar-refractivity contribution is 5.64. The Morgan fingerprint density at radius 3 is 2.21 bits per heavy atom. The molecule has 2 heteroatoms. The number of nitrogens with zero attached hydrogens (tertiary/aromatic N) is 1. The number of para-hydroxylation sites is 1. The van der Waals surface area contributed by atoms with Crippen LogP contribution in [0.3, 0.4) is 0 Å². The first kappa shape index (κ1) is 11.7. The summed E-state index contributed by atoms with van der Waals surface area (Å²) in [5.41, 5.74) is 3.69. The third kappa shape index (κ3) is 2.06. The van der Waals surface area contributed by atoms with E-state index in [1.807, 2.05) is 60.0 Å². The monoisotopic (exact) mass is 251 g/mol. The van der Waals surface area contributed by atoms with Crippen molar-refractivity contribution in [3.05, 3.63) is 78.2 Å². The van der Waals surface area contributed by atoms with Gasteiger partial charge in [-0.05, 0) is 36.8 Å². The topological polar surface area (TPSA) is 4.93 Å². The molecular formula is C17H14FN. The van der Waals surface area contributed by atoms with E-state index in [0.717, 1.165) is 17.0 Å². The Labute approximate surface area is 111 Å². The molecule has 0 bridgehead atoms. The number of hydrogen-bond acceptors (Lipinski definition) is 0. The van der Waals surface area contributed by atoms with Gasteiger partial charge in [-0.1, -0.05) is 42.5 Å². The quantitative estimate of drug-likeness (QED) is 0.627. The summed E-state index contributed by atoms with van der Waals surface area (Å²) in [7, 11) is 0. The lowest BCUT2D eigenvalue weighted by Crippen LogP contribution is -2.01. The largest absolute Gasteiger partial charge is 0.311 e. The number of halogens is 1. The second-order valence-electron chi connectivity index (χ2n) is 4.51. The molecule has 0 saturated carbocycles. The fraction of sp³-hybridized carbons (Fsp3) is 0.0588. The Morgan fingerprint density at radius 2 is 1.47 bits per heavy atom. The van der Waals surface area contributed by atoms with Gasteiger partial charge in [0.05, 0.1) is 11.4 Å². The van der Waals surface area contributed by atoms with Crippen molar-refractivity contribution in [1.82, 2.24) is 4.57 Å². The van der Waals surface area contributed by atoms with Gasteiger partial charge in [-0.15, -0.1) is 0 Å². The molecule has 1 nitrogen and oxygen atoms in total. The molecule has 0 spiro atoms. The van der Waals surface area contributed by atoms with Crippen molar-refractivity contribution in [3.8, 4) is 16.9 Å². The molecule has 0 N–H and O–H groups in total. The highest BCUT2D eigenvalue weighted by atomic mass is 19.1. The molecule has 0 atom stereocenters. The molecule has 3 aromatic rings. The lowest BCUT2D eigenvalue weighted by Gasteiger charge is -2.12. The molecule has 94 valence electrons. The van der Waals surface area contributed by atoms with E-state index in [4.69, 9.17) is 0 Å². The maximum Gasteiger partial charge on any atom is 0.147 e. The molecule has 0 amide bonds. The average Bonchev–Trinajstić information content (AvgIpc) is 2.82. The van der Waals surface area contributed by atoms with Crippen molar-refractivity contribution in [1.29, 1.82) is 0 Å². The van der Waals surface area contributed by atoms with E-state index in [2.05, 4.69) is 0 Å². The highest BCUT2D eigenvalue weighted by Gasteiger charge is 2.11. The number of benzene rings is 2. The van der Waals surface area contributed by atoms with Crippen LogP contribution in [0.4, 0.5) is 4.39 Å². The molecule has 1 aromatic heterocycles. The van der Waals surface area contributed by atoms with Crippen molar-refractivity contribution in [2.24, 2.45) is 0 Å². The van der Waals surface area contributed by atoms with Crippen molar-refractivity contribution in [2.45, 2.75) is 6.92 Å². The van der Waals surface area contributed by atoms with Crippen LogP contribution < -0.4 is 0 Å². The summed E-state index contributed by atoms with van der Waals surface area (Å²) in [6.45, 7) is 1.98. The van der Waals surface area contributed by atoms with E-state index in [9.17, 15) is 4.39 Å². The van der Waals surface area contributed by atoms with Crippen LogP contribution in [0.1, 0.15) is 5.69 Å². The molecular weight excluding hydrogens is 237 g/mol. The summed E-state index contributed by atoms with van der Waals surface area (Å²) in [4.78, 5) is 0. The summed E-state index contributed by atoms with van der Waals surface area (Å²) in [6, 6.07) is 20.9. The SMILES string of the molecule is Cc1ccc(-c2ccccc2)n1-c1ccccc1F. The van der Waals surface area contributed by atoms with Crippen molar-refractivity contribution < 1.29 is 4.39 Å². The molecule has 0 aliphatic rings. The van der Waals surface area contributed by atoms with Crippen LogP contribution in [0.15, 0.2) is 66.7 Å². The summed E-state index contributed by atoms with van der Waals surface area (Å²) >= 11 is 0. The molecule has 0 saturated heterocycles. The Balaban J connectivity index is 2.23. The average molecular weight is 251 g/mol. The second kappa shape index (κ2) is 4.73. The van der Waals surface area contributed by atoms with E-state index < -0.39 is 0 Å². The van der Waals surface area contributed by atoms with Gasteiger partial charge >= 0.3 is 0 Å². The van der Waals surface area contributed by atoms with Gasteiger partial charge in [0.2, 0.25) is 0 Å². The van der Waals surface area contributed by atoms with E-state index in [1.54, 1.807) is 12.1 Å². The van der Waals surface area contributed by atoms with Crippen LogP contribution in [-0.4, -0.2) is 4.57 Å². The van der Waals surface area contributed by atoms with Gasteiger partial charge in [-0.3, -0.25) is 0 Å². The molecule has 2 aromatic carbocycles. The van der Waals surface area contributed by atoms with Crippen LogP contribution in [-0.2, 0) is 0 Å². The van der Waals surface area contributed by atoms with Gasteiger partial charge in [-0.2, -0.15) is 0 Å². The fourth-order valence-corrected chi connectivity index (χ4v) is 2.33. The Kier molecular flexibility index (Phi) is 2.92. The molecule has 3 rings (SSSR count). The Morgan fingerprint density at radius 1 is 0.789 bits per heavy atom. The normalized spacial score (nSPS) is 10.6. The molecule has 0 aliphatic carbocycles. The zero-order valence-corrected chi connectivity index (χ0v) is 10.7. The lowest BCUT2D eigenvalue weighted by molar-refractivity contribution is 0.617. The smallest absolute Gasteiger partial charge is 0.147 e. The predicted molar refractivity (Wildman–Crippen MR) is 75.9 cm³/mol. The molecule has 1 heterocycles. The van der Waals surface area contributed by atoms with Gasteiger partial charge in [0, 0.05) is 5.69 Å². The van der Waals surface area contributed by atoms with E-state index >= 15 is 0 Å². The van der Waals surface area contributed by atoms with Crippen LogP contribution in [0.25, 0.3) is 16.9 Å². The van der Waals surface area contributed by atoms with E-state index in [0.29, 0.717) is 5.69 Å². The summed E-state index contributed by atoms with van der Waals surface area (Å²) in [5, 5.41) is 0. The first-order valence-corrected chi connectivity index (χ1v) is 6.26. The number of aromatic nitrogens is 1. The maximum atomic E-state index is 14.0. The first-order chi connectivity index (χ1) is 9.27. The molecule has 0 unspecified atom stereocenters. The predicted octanol–water partition coefficient (Wildman–Crippen LogP) is 4.59. The summed E-state index contributed by atoms with van der Waals surface area (Å²) in [6.07, 6.45) is 0. The van der Waals surface area contributed by atoms with Crippen LogP contribution in [0.2, 0.25) is 0 Å². The van der Waals surface area contributed by atoms with E-state index in [-0.39, 0.29) is 5.82 Å². The van der Waals surface area contributed by atoms with Gasteiger partial charge < -0.3 is 4.57 Å². The number of rotatable bonds is 2. The minimum absolute atomic E-state index is 0.209. The summed E-state index contributed by atoms with van der Waals surface area (Å²) < 4.78 is 16.0. The van der Waals surface area contributed by atoms with Crippen LogP contribution in [0.5, 0.6) is 0 Å². The van der Waals surface area contributed by atoms with Gasteiger partial charge in [-0.25, -0.2) is 4.39 Å². The number of hydrogen-bond donors (Lipinski definition) is 0. The molecule has 19 heavy (non-hydrogen) atoms. The van der Waals surface area contributed by atoms with Crippen molar-refractivity contribution in [3.63, 3.8) is 0 Å². The highest BCUT2D eigenvalue weighted by Crippen LogP contribution is 2.27. The standard InChI is InChI=1S/C17H14FN/c1-13-11-12-16(14-7-3-2-4-8-14)19(13)17-10-6-5-9-15(17)18/h2-12H,1H3. The minimum atomic E-state index is -0.209. The zero-order valence-electron chi connectivity index (χ0n) is 10.7. The van der Waals surface area contributed by atoms with Crippen molar-refractivity contribution >= 4 is 0 Å². The Bertz CT molecular complexity index is 698. The van der Waals surface area contributed by atoms with Gasteiger partial charge in [0.15, 0.2) is 0 Å². The number of aryl methyl sites for hydroxylation is 1. The van der Waals surface area contributed by atoms with Gasteiger partial charge in [0.1, 0.15) is 5.82 Å². The molecule has 0 fully saturated rings. The zero-order chi connectivity index (χ0) is 13.2. The third-order valence-electron chi connectivity index (χ3n) is 3.24. The molecule has 0 radical (unpaired) electrons. The maximum absolute atomic E-state index is 14.0. The van der Waals surface area contributed by atoms with E-state index in [1.165, 1.54) is 6.07 Å². The van der Waals surface area contributed by atoms with Crippen LogP contribution in [0, 0.1) is 12.7 Å². The van der Waals surface area contributed by atoms with Gasteiger partial charge in [0.25, 0.3) is 0 Å². The minimum Gasteiger partial charge on any atom is -0.311 e. The fourth-order valence-electron chi connectivity index (χ4n) is 2.33. The molecule has 0 aliphatic heterocycles.